The van der Waals surface area contributed by atoms with E-state index in [9.17, 15) is 13.2 Å². The Kier molecular flexibility index (Phi) is 5.64. The first-order valence-electron chi connectivity index (χ1n) is 9.11. The number of ether oxygens (including phenoxy) is 1. The molecule has 0 aliphatic heterocycles. The Hall–Kier alpha value is -2.67. The number of benzene rings is 3. The molecule has 0 unspecified atom stereocenters. The van der Waals surface area contributed by atoms with Gasteiger partial charge >= 0.3 is 5.97 Å². The third-order valence-electron chi connectivity index (χ3n) is 4.61. The van der Waals surface area contributed by atoms with Crippen molar-refractivity contribution in [1.29, 1.82) is 0 Å². The molecule has 4 aromatic rings. The van der Waals surface area contributed by atoms with Crippen molar-refractivity contribution >= 4 is 48.8 Å². The zero-order valence-corrected chi connectivity index (χ0v) is 18.4. The Bertz CT molecular complexity index is 1340. The summed E-state index contributed by atoms with van der Waals surface area (Å²) in [5.41, 5.74) is 1.51. The average molecular weight is 457 g/mol. The van der Waals surface area contributed by atoms with Gasteiger partial charge < -0.3 is 4.74 Å². The Morgan fingerprint density at radius 2 is 1.77 bits per heavy atom. The molecule has 0 atom stereocenters. The van der Waals surface area contributed by atoms with Crippen LogP contribution in [0.5, 0.6) is 5.75 Å². The molecule has 30 heavy (non-hydrogen) atoms. The van der Waals surface area contributed by atoms with E-state index in [1.54, 1.807) is 67.6 Å². The number of sulfone groups is 1. The monoisotopic (exact) mass is 456 g/mol. The standard InChI is InChI=1S/C23H17ClO4S2/c1-15-20-13-18(24)10-11-21(20)29-23(15)30(26,27)14-16-6-5-7-17(12-16)22(25)28-19-8-3-2-4-9-19/h2-13H,14H2,1H3. The van der Waals surface area contributed by atoms with Crippen LogP contribution in [-0.2, 0) is 15.6 Å². The molecule has 0 saturated carbocycles. The van der Waals surface area contributed by atoms with Gasteiger partial charge in [-0.2, -0.15) is 0 Å². The van der Waals surface area contributed by atoms with Gasteiger partial charge in [0.25, 0.3) is 0 Å². The van der Waals surface area contributed by atoms with E-state index < -0.39 is 15.8 Å². The minimum absolute atomic E-state index is 0.207. The molecule has 0 aliphatic carbocycles. The zero-order chi connectivity index (χ0) is 21.3. The third-order valence-corrected chi connectivity index (χ3v) is 8.51. The summed E-state index contributed by atoms with van der Waals surface area (Å²) >= 11 is 7.29. The Morgan fingerprint density at radius 3 is 2.53 bits per heavy atom. The van der Waals surface area contributed by atoms with Gasteiger partial charge in [0.15, 0.2) is 9.84 Å². The van der Waals surface area contributed by atoms with Crippen LogP contribution in [0.4, 0.5) is 0 Å². The highest BCUT2D eigenvalue weighted by Crippen LogP contribution is 2.37. The van der Waals surface area contributed by atoms with E-state index in [4.69, 9.17) is 16.3 Å². The van der Waals surface area contributed by atoms with E-state index in [2.05, 4.69) is 0 Å². The smallest absolute Gasteiger partial charge is 0.343 e. The number of carbonyl (C=O) groups excluding carboxylic acids is 1. The van der Waals surface area contributed by atoms with Crippen molar-refractivity contribution in [3.63, 3.8) is 0 Å². The normalized spacial score (nSPS) is 11.5. The second kappa shape index (κ2) is 8.22. The number of aryl methyl sites for hydroxylation is 1. The number of halogens is 1. The summed E-state index contributed by atoms with van der Waals surface area (Å²) < 4.78 is 32.8. The van der Waals surface area contributed by atoms with Crippen LogP contribution in [0.3, 0.4) is 0 Å². The van der Waals surface area contributed by atoms with E-state index in [1.807, 2.05) is 12.1 Å². The maximum absolute atomic E-state index is 13.1. The molecule has 4 nitrogen and oxygen atoms in total. The van der Waals surface area contributed by atoms with Crippen LogP contribution in [0.15, 0.2) is 77.0 Å². The van der Waals surface area contributed by atoms with Crippen molar-refractivity contribution in [1.82, 2.24) is 0 Å². The van der Waals surface area contributed by atoms with Gasteiger partial charge in [0.05, 0.1) is 11.3 Å². The highest BCUT2D eigenvalue weighted by molar-refractivity contribution is 7.93. The van der Waals surface area contributed by atoms with Gasteiger partial charge in [0, 0.05) is 9.72 Å². The van der Waals surface area contributed by atoms with Crippen LogP contribution < -0.4 is 4.74 Å². The number of para-hydroxylation sites is 1. The molecule has 0 radical (unpaired) electrons. The zero-order valence-electron chi connectivity index (χ0n) is 16.0. The summed E-state index contributed by atoms with van der Waals surface area (Å²) in [6.07, 6.45) is 0. The van der Waals surface area contributed by atoms with Crippen molar-refractivity contribution in [2.75, 3.05) is 0 Å². The lowest BCUT2D eigenvalue weighted by Gasteiger charge is -2.07. The molecule has 0 saturated heterocycles. The Morgan fingerprint density at radius 1 is 1.00 bits per heavy atom. The first-order chi connectivity index (χ1) is 14.3. The molecule has 0 fully saturated rings. The second-order valence-electron chi connectivity index (χ2n) is 6.82. The first-order valence-corrected chi connectivity index (χ1v) is 12.0. The van der Waals surface area contributed by atoms with Gasteiger partial charge in [0.2, 0.25) is 0 Å². The second-order valence-corrected chi connectivity index (χ2v) is 10.5. The molecule has 3 aromatic carbocycles. The fourth-order valence-corrected chi connectivity index (χ4v) is 6.57. The summed E-state index contributed by atoms with van der Waals surface area (Å²) in [4.78, 5) is 12.4. The molecule has 0 amide bonds. The molecule has 1 aromatic heterocycles. The number of thiophene rings is 1. The van der Waals surface area contributed by atoms with Gasteiger partial charge in [0.1, 0.15) is 9.96 Å². The van der Waals surface area contributed by atoms with Crippen molar-refractivity contribution in [3.8, 4) is 5.75 Å². The molecule has 0 bridgehead atoms. The predicted molar refractivity (Wildman–Crippen MR) is 120 cm³/mol. The van der Waals surface area contributed by atoms with Gasteiger partial charge in [-0.15, -0.1) is 11.3 Å². The number of carbonyl (C=O) groups is 1. The topological polar surface area (TPSA) is 60.4 Å². The molecule has 4 rings (SSSR count). The summed E-state index contributed by atoms with van der Waals surface area (Å²) in [5, 5.41) is 1.41. The Labute approximate surface area is 183 Å². The van der Waals surface area contributed by atoms with Crippen molar-refractivity contribution in [2.24, 2.45) is 0 Å². The van der Waals surface area contributed by atoms with Gasteiger partial charge in [-0.3, -0.25) is 0 Å². The summed E-state index contributed by atoms with van der Waals surface area (Å²) in [6, 6.07) is 20.6. The molecular weight excluding hydrogens is 440 g/mol. The highest BCUT2D eigenvalue weighted by atomic mass is 35.5. The van der Waals surface area contributed by atoms with Crippen LogP contribution in [0.2, 0.25) is 5.02 Å². The molecular formula is C23H17ClO4S2. The minimum atomic E-state index is -3.60. The van der Waals surface area contributed by atoms with E-state index in [1.165, 1.54) is 11.3 Å². The van der Waals surface area contributed by atoms with Crippen molar-refractivity contribution in [2.45, 2.75) is 16.9 Å². The lowest BCUT2D eigenvalue weighted by molar-refractivity contribution is 0.0734. The van der Waals surface area contributed by atoms with Crippen LogP contribution >= 0.6 is 22.9 Å². The predicted octanol–water partition coefficient (Wildman–Crippen LogP) is 6.06. The molecule has 0 aliphatic rings. The van der Waals surface area contributed by atoms with E-state index in [0.29, 0.717) is 31.7 Å². The van der Waals surface area contributed by atoms with Crippen LogP contribution in [-0.4, -0.2) is 14.4 Å². The maximum Gasteiger partial charge on any atom is 0.343 e. The summed E-state index contributed by atoms with van der Waals surface area (Å²) in [5.74, 6) is -0.311. The Balaban J connectivity index is 1.60. The molecule has 1 heterocycles. The molecule has 0 spiro atoms. The van der Waals surface area contributed by atoms with Gasteiger partial charge in [-0.05, 0) is 65.9 Å². The van der Waals surface area contributed by atoms with Gasteiger partial charge in [-0.25, -0.2) is 13.2 Å². The minimum Gasteiger partial charge on any atom is -0.423 e. The third kappa shape index (κ3) is 4.26. The number of fused-ring (bicyclic) bond motifs is 1. The van der Waals surface area contributed by atoms with Gasteiger partial charge in [-0.1, -0.05) is 41.9 Å². The number of rotatable bonds is 5. The lowest BCUT2D eigenvalue weighted by atomic mass is 10.1. The van der Waals surface area contributed by atoms with Crippen LogP contribution in [0.1, 0.15) is 21.5 Å². The molecule has 7 heteroatoms. The van der Waals surface area contributed by atoms with Crippen LogP contribution in [0.25, 0.3) is 10.1 Å². The maximum atomic E-state index is 13.1. The van der Waals surface area contributed by atoms with Crippen LogP contribution in [0, 0.1) is 6.92 Å². The summed E-state index contributed by atoms with van der Waals surface area (Å²) in [7, 11) is -3.60. The lowest BCUT2D eigenvalue weighted by Crippen LogP contribution is -2.10. The summed E-state index contributed by atoms with van der Waals surface area (Å²) in [6.45, 7) is 1.79. The average Bonchev–Trinajstić information content (AvgIpc) is 3.05. The first kappa shape index (κ1) is 20.6. The quantitative estimate of drug-likeness (QED) is 0.270. The van der Waals surface area contributed by atoms with Crippen molar-refractivity contribution < 1.29 is 17.9 Å². The van der Waals surface area contributed by atoms with Crippen molar-refractivity contribution in [3.05, 3.63) is 94.5 Å². The highest BCUT2D eigenvalue weighted by Gasteiger charge is 2.23. The molecule has 0 N–H and O–H groups in total. The van der Waals surface area contributed by atoms with E-state index in [0.717, 1.165) is 10.1 Å². The number of hydrogen-bond acceptors (Lipinski definition) is 5. The van der Waals surface area contributed by atoms with E-state index in [-0.39, 0.29) is 5.75 Å². The SMILES string of the molecule is Cc1c(S(=O)(=O)Cc2cccc(C(=O)Oc3ccccc3)c2)sc2ccc(Cl)cc12. The number of hydrogen-bond donors (Lipinski definition) is 0. The number of esters is 1. The fourth-order valence-electron chi connectivity index (χ4n) is 3.19. The largest absolute Gasteiger partial charge is 0.423 e. The fraction of sp³-hybridized carbons (Fsp3) is 0.0870. The van der Waals surface area contributed by atoms with E-state index >= 15 is 0 Å². The molecule has 152 valence electrons.